The summed E-state index contributed by atoms with van der Waals surface area (Å²) in [6.45, 7) is 2.76. The molecule has 0 aromatic heterocycles. The summed E-state index contributed by atoms with van der Waals surface area (Å²) < 4.78 is 10.8. The fraction of sp³-hybridized carbons (Fsp3) is 0.438. The molecule has 0 unspecified atom stereocenters. The lowest BCUT2D eigenvalue weighted by molar-refractivity contribution is -0.138. The summed E-state index contributed by atoms with van der Waals surface area (Å²) in [5.41, 5.74) is 2.43. The van der Waals surface area contributed by atoms with Crippen LogP contribution in [0.25, 0.3) is 0 Å². The van der Waals surface area contributed by atoms with Gasteiger partial charge >= 0.3 is 0 Å². The summed E-state index contributed by atoms with van der Waals surface area (Å²) in [5.74, 6) is -5.58. The number of imide groups is 2. The molecule has 1 N–H and O–H groups in total. The van der Waals surface area contributed by atoms with Gasteiger partial charge in [0, 0.05) is 31.7 Å². The van der Waals surface area contributed by atoms with Crippen LogP contribution in [-0.4, -0.2) is 83.8 Å². The number of carbonyl (C=O) groups excluding carboxylic acids is 4. The quantitative estimate of drug-likeness (QED) is 0.293. The molecule has 3 saturated heterocycles. The molecule has 4 amide bonds. The number of rotatable bonds is 4. The molecule has 236 valence electrons. The van der Waals surface area contributed by atoms with Gasteiger partial charge < -0.3 is 19.5 Å². The van der Waals surface area contributed by atoms with Crippen molar-refractivity contribution in [2.75, 3.05) is 50.3 Å². The molecule has 0 bridgehead atoms. The van der Waals surface area contributed by atoms with Crippen molar-refractivity contribution in [2.45, 2.75) is 28.5 Å². The van der Waals surface area contributed by atoms with Gasteiger partial charge in [-0.25, -0.2) is 0 Å². The number of alkyl halides is 2. The first kappa shape index (κ1) is 30.3. The van der Waals surface area contributed by atoms with E-state index >= 15 is 0 Å². The minimum absolute atomic E-state index is 0.0401. The molecular weight excluding hydrogens is 645 g/mol. The first-order chi connectivity index (χ1) is 21.4. The second-order valence-corrected chi connectivity index (χ2v) is 13.8. The van der Waals surface area contributed by atoms with Crippen molar-refractivity contribution in [3.63, 3.8) is 0 Å². The summed E-state index contributed by atoms with van der Waals surface area (Å²) >= 11 is 20.8. The summed E-state index contributed by atoms with van der Waals surface area (Å²) in [7, 11) is 2.68. The van der Waals surface area contributed by atoms with Gasteiger partial charge in [-0.05, 0) is 60.7 Å². The van der Waals surface area contributed by atoms with E-state index in [0.29, 0.717) is 30.0 Å². The van der Waals surface area contributed by atoms with Crippen LogP contribution in [0.5, 0.6) is 11.5 Å². The monoisotopic (exact) mass is 673 g/mol. The second-order valence-electron chi connectivity index (χ2n) is 12.2. The summed E-state index contributed by atoms with van der Waals surface area (Å²) in [6, 6.07) is 10.3. The summed E-state index contributed by atoms with van der Waals surface area (Å²) in [5, 5.41) is 10.4. The van der Waals surface area contributed by atoms with Crippen LogP contribution in [0.3, 0.4) is 0 Å². The topological polar surface area (TPSA) is 117 Å². The number of amides is 4. The van der Waals surface area contributed by atoms with Crippen molar-refractivity contribution >= 4 is 69.8 Å². The Balaban J connectivity index is 1.31. The van der Waals surface area contributed by atoms with E-state index in [1.807, 2.05) is 18.2 Å². The molecule has 3 aliphatic heterocycles. The number of phenols is 1. The number of hydrogen-bond acceptors (Lipinski definition) is 8. The average molecular weight is 675 g/mol. The van der Waals surface area contributed by atoms with Gasteiger partial charge in [0.05, 0.1) is 42.9 Å². The fourth-order valence-corrected chi connectivity index (χ4v) is 9.16. The van der Waals surface area contributed by atoms with Crippen LogP contribution in [-0.2, 0) is 23.9 Å². The van der Waals surface area contributed by atoms with Crippen molar-refractivity contribution in [2.24, 2.45) is 17.8 Å². The molecule has 3 heterocycles. The van der Waals surface area contributed by atoms with Gasteiger partial charge in [-0.1, -0.05) is 23.3 Å². The molecule has 4 fully saturated rings. The minimum atomic E-state index is -1.97. The van der Waals surface area contributed by atoms with E-state index in [1.54, 1.807) is 12.1 Å². The number of methoxy groups -OCH3 is 1. The number of anilines is 2. The lowest BCUT2D eigenvalue weighted by atomic mass is 9.56. The highest BCUT2D eigenvalue weighted by Gasteiger charge is 2.76. The molecular formula is C32H30Cl3N3O7. The van der Waals surface area contributed by atoms with Crippen molar-refractivity contribution in [3.05, 3.63) is 58.6 Å². The Labute approximate surface area is 274 Å². The number of fused-ring (bicyclic) bond motifs is 4. The highest BCUT2D eigenvalue weighted by Crippen LogP contribution is 2.65. The predicted octanol–water partition coefficient (Wildman–Crippen LogP) is 4.08. The molecule has 2 aromatic carbocycles. The van der Waals surface area contributed by atoms with Crippen LogP contribution in [0.4, 0.5) is 11.4 Å². The largest absolute Gasteiger partial charge is 0.503 e. The zero-order valence-corrected chi connectivity index (χ0v) is 26.7. The van der Waals surface area contributed by atoms with Crippen LogP contribution in [0, 0.1) is 17.8 Å². The number of phenolic OH excluding ortho intramolecular Hbond substituents is 1. The van der Waals surface area contributed by atoms with E-state index in [1.165, 1.54) is 31.2 Å². The Kier molecular flexibility index (Phi) is 7.16. The van der Waals surface area contributed by atoms with E-state index in [-0.39, 0.29) is 35.3 Å². The minimum Gasteiger partial charge on any atom is -0.503 e. The molecule has 13 heteroatoms. The maximum atomic E-state index is 14.3. The van der Waals surface area contributed by atoms with Gasteiger partial charge in [-0.15, -0.1) is 23.2 Å². The number of morpholine rings is 1. The van der Waals surface area contributed by atoms with E-state index in [9.17, 15) is 24.3 Å². The van der Waals surface area contributed by atoms with Crippen LogP contribution in [0.2, 0.25) is 5.02 Å². The Morgan fingerprint density at radius 2 is 1.62 bits per heavy atom. The Morgan fingerprint density at radius 3 is 2.29 bits per heavy atom. The molecule has 6 atom stereocenters. The molecule has 0 spiro atoms. The van der Waals surface area contributed by atoms with Crippen molar-refractivity contribution in [1.29, 1.82) is 0 Å². The maximum absolute atomic E-state index is 14.3. The molecule has 10 nitrogen and oxygen atoms in total. The summed E-state index contributed by atoms with van der Waals surface area (Å²) in [6.07, 6.45) is 1.95. The summed E-state index contributed by atoms with van der Waals surface area (Å²) in [4.78, 5) is 56.0. The Hall–Kier alpha value is -3.31. The van der Waals surface area contributed by atoms with E-state index in [0.717, 1.165) is 23.7 Å². The van der Waals surface area contributed by atoms with Crippen molar-refractivity contribution in [1.82, 2.24) is 4.90 Å². The first-order valence-corrected chi connectivity index (χ1v) is 15.8. The number of halogens is 3. The third kappa shape index (κ3) is 4.11. The smallest absolute Gasteiger partial charge is 0.253 e. The van der Waals surface area contributed by atoms with Crippen LogP contribution < -0.4 is 14.5 Å². The standard InChI is InChI=1S/C32H30Cl3N3O7/c1-36-29(42)31(34)15-21-19(25(32(31,35)30(36)43)16-13-22(33)26(39)23(14-16)44-2)7-8-20-24(21)28(41)38(27(20)40)18-5-3-17(4-6-18)37-9-11-45-12-10-37/h3-7,13-14,20-21,24-25,39H,8-12,15H2,1-2H3/t20-,21+,24-,25-,31+,32-/m0/s1. The van der Waals surface area contributed by atoms with Crippen molar-refractivity contribution in [3.8, 4) is 11.5 Å². The van der Waals surface area contributed by atoms with Gasteiger partial charge in [0.2, 0.25) is 11.8 Å². The number of carbonyl (C=O) groups is 4. The number of ether oxygens (including phenoxy) is 2. The maximum Gasteiger partial charge on any atom is 0.253 e. The molecule has 2 aliphatic carbocycles. The third-order valence-corrected chi connectivity index (χ3v) is 11.8. The third-order valence-electron chi connectivity index (χ3n) is 10.1. The van der Waals surface area contributed by atoms with Gasteiger partial charge in [-0.2, -0.15) is 0 Å². The van der Waals surface area contributed by atoms with E-state index < -0.39 is 51.1 Å². The zero-order valence-electron chi connectivity index (χ0n) is 24.5. The van der Waals surface area contributed by atoms with Crippen LogP contribution in [0.15, 0.2) is 48.0 Å². The molecule has 5 aliphatic rings. The second kappa shape index (κ2) is 10.6. The number of likely N-dealkylation sites (tertiary alicyclic amines) is 1. The number of nitrogens with zero attached hydrogens (tertiary/aromatic N) is 3. The highest BCUT2D eigenvalue weighted by atomic mass is 35.5. The average Bonchev–Trinajstić information content (AvgIpc) is 3.37. The van der Waals surface area contributed by atoms with Gasteiger partial charge in [0.15, 0.2) is 21.2 Å². The van der Waals surface area contributed by atoms with E-state index in [2.05, 4.69) is 4.90 Å². The Morgan fingerprint density at radius 1 is 0.956 bits per heavy atom. The zero-order chi connectivity index (χ0) is 32.0. The molecule has 1 saturated carbocycles. The highest BCUT2D eigenvalue weighted by molar-refractivity contribution is 6.53. The number of allylic oxidation sites excluding steroid dienone is 2. The lowest BCUT2D eigenvalue weighted by Crippen LogP contribution is -2.60. The van der Waals surface area contributed by atoms with E-state index in [4.69, 9.17) is 44.3 Å². The fourth-order valence-electron chi connectivity index (χ4n) is 7.92. The van der Waals surface area contributed by atoms with Crippen LogP contribution in [0.1, 0.15) is 24.3 Å². The van der Waals surface area contributed by atoms with Gasteiger partial charge in [-0.3, -0.25) is 29.0 Å². The number of aromatic hydroxyl groups is 1. The van der Waals surface area contributed by atoms with Crippen LogP contribution >= 0.6 is 34.8 Å². The normalized spacial score (nSPS) is 32.8. The molecule has 2 aromatic rings. The number of hydrogen-bond donors (Lipinski definition) is 1. The number of benzene rings is 2. The first-order valence-electron chi connectivity index (χ1n) is 14.7. The SMILES string of the molecule is COc1cc([C@H]2C3=CC[C@@H]4C(=O)N(c5ccc(N6CCOCC6)cc5)C(=O)[C@@H]4[C@@H]3C[C@@]3(Cl)C(=O)N(C)C(=O)[C@@]23Cl)cc(Cl)c1O. The molecule has 45 heavy (non-hydrogen) atoms. The lowest BCUT2D eigenvalue weighted by Gasteiger charge is -2.50. The Bertz CT molecular complexity index is 1680. The van der Waals surface area contributed by atoms with Gasteiger partial charge in [0.1, 0.15) is 0 Å². The van der Waals surface area contributed by atoms with Crippen molar-refractivity contribution < 1.29 is 33.8 Å². The molecule has 7 rings (SSSR count). The predicted molar refractivity (Wildman–Crippen MR) is 167 cm³/mol. The van der Waals surface area contributed by atoms with Gasteiger partial charge in [0.25, 0.3) is 11.8 Å². The molecule has 0 radical (unpaired) electrons.